The van der Waals surface area contributed by atoms with Gasteiger partial charge in [-0.1, -0.05) is 0 Å². The fraction of sp³-hybridized carbons (Fsp3) is 0.333. The second kappa shape index (κ2) is 4.54. The number of rotatable bonds is 3. The molecule has 13 heavy (non-hydrogen) atoms. The molecule has 0 aliphatic carbocycles. The van der Waals surface area contributed by atoms with Gasteiger partial charge in [-0.2, -0.15) is 0 Å². The number of pyridine rings is 1. The van der Waals surface area contributed by atoms with Crippen LogP contribution in [0.1, 0.15) is 6.92 Å². The zero-order chi connectivity index (χ0) is 9.68. The lowest BCUT2D eigenvalue weighted by molar-refractivity contribution is -0.116. The van der Waals surface area contributed by atoms with Gasteiger partial charge in [0.05, 0.1) is 6.54 Å². The number of halogens is 1. The van der Waals surface area contributed by atoms with Crippen LogP contribution in [0.15, 0.2) is 24.5 Å². The highest BCUT2D eigenvalue weighted by Gasteiger charge is 2.09. The van der Waals surface area contributed by atoms with Crippen molar-refractivity contribution in [2.24, 2.45) is 0 Å². The van der Waals surface area contributed by atoms with Crippen molar-refractivity contribution in [3.8, 4) is 0 Å². The molecule has 0 aliphatic heterocycles. The highest BCUT2D eigenvalue weighted by Crippen LogP contribution is 2.11. The van der Waals surface area contributed by atoms with E-state index in [-0.39, 0.29) is 12.5 Å². The Balaban J connectivity index is 2.82. The monoisotopic (exact) mass is 182 g/mol. The van der Waals surface area contributed by atoms with Gasteiger partial charge in [0.15, 0.2) is 0 Å². The number of nitrogens with zero attached hydrogens (tertiary/aromatic N) is 2. The first-order chi connectivity index (χ1) is 6.25. The van der Waals surface area contributed by atoms with E-state index in [2.05, 4.69) is 4.98 Å². The first kappa shape index (κ1) is 9.64. The van der Waals surface area contributed by atoms with Gasteiger partial charge in [-0.25, -0.2) is 4.39 Å². The third kappa shape index (κ3) is 2.50. The van der Waals surface area contributed by atoms with E-state index in [1.54, 1.807) is 24.5 Å². The van der Waals surface area contributed by atoms with Crippen molar-refractivity contribution in [1.82, 2.24) is 4.98 Å². The number of hydrogen-bond donors (Lipinski definition) is 0. The molecule has 0 bridgehead atoms. The van der Waals surface area contributed by atoms with Crippen molar-refractivity contribution in [1.29, 1.82) is 0 Å². The van der Waals surface area contributed by atoms with Crippen LogP contribution in [0.2, 0.25) is 0 Å². The SMILES string of the molecule is CC(=O)N(CCF)c1ccncc1. The minimum absolute atomic E-state index is 0.0966. The lowest BCUT2D eigenvalue weighted by atomic mass is 10.3. The van der Waals surface area contributed by atoms with Gasteiger partial charge in [-0.15, -0.1) is 0 Å². The van der Waals surface area contributed by atoms with Crippen molar-refractivity contribution >= 4 is 11.6 Å². The van der Waals surface area contributed by atoms with Gasteiger partial charge in [-0.3, -0.25) is 9.78 Å². The summed E-state index contributed by atoms with van der Waals surface area (Å²) in [4.78, 5) is 16.3. The zero-order valence-corrected chi connectivity index (χ0v) is 7.40. The van der Waals surface area contributed by atoms with Gasteiger partial charge in [0.25, 0.3) is 0 Å². The van der Waals surface area contributed by atoms with Crippen LogP contribution in [0.3, 0.4) is 0 Å². The smallest absolute Gasteiger partial charge is 0.223 e. The van der Waals surface area contributed by atoms with Crippen LogP contribution in [0.4, 0.5) is 10.1 Å². The Hall–Kier alpha value is -1.45. The Morgan fingerprint density at radius 2 is 2.15 bits per heavy atom. The van der Waals surface area contributed by atoms with Crippen molar-refractivity contribution in [2.75, 3.05) is 18.1 Å². The fourth-order valence-electron chi connectivity index (χ4n) is 1.08. The minimum Gasteiger partial charge on any atom is -0.310 e. The molecule has 70 valence electrons. The Kier molecular flexibility index (Phi) is 3.37. The number of anilines is 1. The standard InChI is InChI=1S/C9H11FN2O/c1-8(13)12(7-4-10)9-2-5-11-6-3-9/h2-3,5-6H,4,7H2,1H3. The van der Waals surface area contributed by atoms with Crippen LogP contribution in [-0.2, 0) is 4.79 Å². The predicted molar refractivity (Wildman–Crippen MR) is 48.2 cm³/mol. The summed E-state index contributed by atoms with van der Waals surface area (Å²) in [6.45, 7) is 0.970. The number of carbonyl (C=O) groups excluding carboxylic acids is 1. The molecule has 0 fully saturated rings. The highest BCUT2D eigenvalue weighted by molar-refractivity contribution is 5.91. The molecule has 3 nitrogen and oxygen atoms in total. The van der Waals surface area contributed by atoms with E-state index in [9.17, 15) is 9.18 Å². The quantitative estimate of drug-likeness (QED) is 0.708. The first-order valence-corrected chi connectivity index (χ1v) is 4.00. The molecule has 0 N–H and O–H groups in total. The van der Waals surface area contributed by atoms with Crippen molar-refractivity contribution in [3.63, 3.8) is 0 Å². The summed E-state index contributed by atoms with van der Waals surface area (Å²) in [5.41, 5.74) is 0.681. The lowest BCUT2D eigenvalue weighted by Crippen LogP contribution is -2.30. The summed E-state index contributed by atoms with van der Waals surface area (Å²) in [6.07, 6.45) is 3.15. The molecule has 0 saturated heterocycles. The zero-order valence-electron chi connectivity index (χ0n) is 7.40. The molecule has 0 aliphatic rings. The van der Waals surface area contributed by atoms with Crippen molar-refractivity contribution in [2.45, 2.75) is 6.92 Å². The minimum atomic E-state index is -0.540. The maximum atomic E-state index is 12.1. The molecule has 1 amide bonds. The maximum Gasteiger partial charge on any atom is 0.223 e. The Morgan fingerprint density at radius 3 is 2.62 bits per heavy atom. The number of amides is 1. The summed E-state index contributed by atoms with van der Waals surface area (Å²) in [6, 6.07) is 3.36. The van der Waals surface area contributed by atoms with Gasteiger partial charge < -0.3 is 4.90 Å². The second-order valence-electron chi connectivity index (χ2n) is 2.57. The van der Waals surface area contributed by atoms with E-state index in [1.807, 2.05) is 0 Å². The molecule has 0 aromatic carbocycles. The number of carbonyl (C=O) groups is 1. The van der Waals surface area contributed by atoms with Gasteiger partial charge in [0.1, 0.15) is 6.67 Å². The number of hydrogen-bond acceptors (Lipinski definition) is 2. The predicted octanol–water partition coefficient (Wildman–Crippen LogP) is 1.40. The summed E-state index contributed by atoms with van der Waals surface area (Å²) in [5, 5.41) is 0. The average molecular weight is 182 g/mol. The van der Waals surface area contributed by atoms with Crippen LogP contribution in [0.5, 0.6) is 0 Å². The maximum absolute atomic E-state index is 12.1. The van der Waals surface area contributed by atoms with Crippen LogP contribution in [0.25, 0.3) is 0 Å². The second-order valence-corrected chi connectivity index (χ2v) is 2.57. The van der Waals surface area contributed by atoms with Gasteiger partial charge in [0, 0.05) is 25.0 Å². The largest absolute Gasteiger partial charge is 0.310 e. The summed E-state index contributed by atoms with van der Waals surface area (Å²) in [7, 11) is 0. The lowest BCUT2D eigenvalue weighted by Gasteiger charge is -2.18. The molecule has 4 heteroatoms. The topological polar surface area (TPSA) is 33.2 Å². The van der Waals surface area contributed by atoms with E-state index in [4.69, 9.17) is 0 Å². The summed E-state index contributed by atoms with van der Waals surface area (Å²) in [5.74, 6) is -0.163. The Labute approximate surface area is 76.2 Å². The van der Waals surface area contributed by atoms with E-state index in [0.717, 1.165) is 0 Å². The molecular weight excluding hydrogens is 171 g/mol. The van der Waals surface area contributed by atoms with Crippen LogP contribution in [0, 0.1) is 0 Å². The van der Waals surface area contributed by atoms with E-state index >= 15 is 0 Å². The molecule has 1 heterocycles. The molecule has 0 saturated carbocycles. The number of alkyl halides is 1. The third-order valence-electron chi connectivity index (χ3n) is 1.66. The van der Waals surface area contributed by atoms with Crippen LogP contribution in [-0.4, -0.2) is 24.1 Å². The summed E-state index contributed by atoms with van der Waals surface area (Å²) < 4.78 is 12.1. The van der Waals surface area contributed by atoms with E-state index < -0.39 is 6.67 Å². The van der Waals surface area contributed by atoms with Crippen molar-refractivity contribution in [3.05, 3.63) is 24.5 Å². The average Bonchev–Trinajstić information content (AvgIpc) is 2.15. The molecule has 0 unspecified atom stereocenters. The normalized spacial score (nSPS) is 9.69. The molecular formula is C9H11FN2O. The summed E-state index contributed by atoms with van der Waals surface area (Å²) >= 11 is 0. The molecule has 0 radical (unpaired) electrons. The van der Waals surface area contributed by atoms with E-state index in [0.29, 0.717) is 5.69 Å². The van der Waals surface area contributed by atoms with Gasteiger partial charge in [0.2, 0.25) is 5.91 Å². The molecule has 0 spiro atoms. The third-order valence-corrected chi connectivity index (χ3v) is 1.66. The molecule has 1 rings (SSSR count). The molecule has 0 atom stereocenters. The molecule has 1 aromatic rings. The van der Waals surface area contributed by atoms with Crippen LogP contribution >= 0.6 is 0 Å². The van der Waals surface area contributed by atoms with Gasteiger partial charge in [-0.05, 0) is 12.1 Å². The first-order valence-electron chi connectivity index (χ1n) is 4.00. The van der Waals surface area contributed by atoms with Gasteiger partial charge >= 0.3 is 0 Å². The fourth-order valence-corrected chi connectivity index (χ4v) is 1.08. The van der Waals surface area contributed by atoms with Crippen LogP contribution < -0.4 is 4.90 Å². The van der Waals surface area contributed by atoms with E-state index in [1.165, 1.54) is 11.8 Å². The highest BCUT2D eigenvalue weighted by atomic mass is 19.1. The number of aromatic nitrogens is 1. The molecule has 1 aromatic heterocycles. The Bertz CT molecular complexity index is 276. The Morgan fingerprint density at radius 1 is 1.54 bits per heavy atom. The van der Waals surface area contributed by atoms with Crippen molar-refractivity contribution < 1.29 is 9.18 Å².